The molecule has 1 amide bonds. The lowest BCUT2D eigenvalue weighted by atomic mass is 9.62. The third-order valence-corrected chi connectivity index (χ3v) is 5.80. The zero-order chi connectivity index (χ0) is 18.8. The number of amides is 1. The van der Waals surface area contributed by atoms with E-state index < -0.39 is 17.0 Å². The van der Waals surface area contributed by atoms with Crippen molar-refractivity contribution in [2.24, 2.45) is 0 Å². The zero-order valence-electron chi connectivity index (χ0n) is 14.4. The van der Waals surface area contributed by atoms with Gasteiger partial charge < -0.3 is 15.6 Å². The first-order chi connectivity index (χ1) is 13.0. The third kappa shape index (κ3) is 2.16. The van der Waals surface area contributed by atoms with Gasteiger partial charge in [-0.1, -0.05) is 6.42 Å². The molecule has 1 aliphatic heterocycles. The fraction of sp³-hybridized carbons (Fsp3) is 0.190. The van der Waals surface area contributed by atoms with E-state index in [1.165, 1.54) is 12.1 Å². The first kappa shape index (κ1) is 16.1. The highest BCUT2D eigenvalue weighted by Crippen LogP contribution is 2.51. The SMILES string of the molecule is Nc1c2cc(-n3cccc3-c3ccc(F)cc3F)cc1C1(CCC1)C(=O)N2. The quantitative estimate of drug-likeness (QED) is 0.662. The van der Waals surface area contributed by atoms with Crippen molar-refractivity contribution in [3.63, 3.8) is 0 Å². The third-order valence-electron chi connectivity index (χ3n) is 5.80. The first-order valence-electron chi connectivity index (χ1n) is 8.88. The number of aromatic nitrogens is 1. The highest BCUT2D eigenvalue weighted by atomic mass is 19.1. The number of hydrogen-bond donors (Lipinski definition) is 2. The van der Waals surface area contributed by atoms with Gasteiger partial charge in [-0.3, -0.25) is 4.79 Å². The molecule has 1 aromatic heterocycles. The molecule has 3 aromatic rings. The summed E-state index contributed by atoms with van der Waals surface area (Å²) in [7, 11) is 0. The van der Waals surface area contributed by atoms with Crippen molar-refractivity contribution in [3.8, 4) is 16.9 Å². The predicted molar refractivity (Wildman–Crippen MR) is 99.7 cm³/mol. The number of nitrogen functional groups attached to an aromatic ring is 1. The van der Waals surface area contributed by atoms with Gasteiger partial charge in [-0.05, 0) is 54.8 Å². The fourth-order valence-corrected chi connectivity index (χ4v) is 4.19. The lowest BCUT2D eigenvalue weighted by Gasteiger charge is -2.44. The summed E-state index contributed by atoms with van der Waals surface area (Å²) in [6, 6.07) is 10.8. The molecule has 1 fully saturated rings. The van der Waals surface area contributed by atoms with E-state index in [0.717, 1.165) is 36.6 Å². The summed E-state index contributed by atoms with van der Waals surface area (Å²) < 4.78 is 29.4. The maximum absolute atomic E-state index is 14.3. The number of halogens is 2. The molecule has 2 aromatic carbocycles. The Morgan fingerprint density at radius 3 is 2.63 bits per heavy atom. The molecule has 1 spiro atoms. The number of nitrogens with one attached hydrogen (secondary N) is 1. The Morgan fingerprint density at radius 2 is 1.93 bits per heavy atom. The second-order valence-electron chi connectivity index (χ2n) is 7.23. The number of hydrogen-bond acceptors (Lipinski definition) is 2. The molecule has 0 radical (unpaired) electrons. The van der Waals surface area contributed by atoms with Crippen LogP contribution >= 0.6 is 0 Å². The number of nitrogens with two attached hydrogens (primary N) is 1. The highest BCUT2D eigenvalue weighted by molar-refractivity contribution is 6.07. The Kier molecular flexibility index (Phi) is 3.22. The average molecular weight is 365 g/mol. The van der Waals surface area contributed by atoms with Gasteiger partial charge in [0.05, 0.1) is 22.5 Å². The van der Waals surface area contributed by atoms with Crippen LogP contribution in [-0.2, 0) is 10.2 Å². The molecule has 5 rings (SSSR count). The summed E-state index contributed by atoms with van der Waals surface area (Å²) in [6.07, 6.45) is 4.35. The average Bonchev–Trinajstić information content (AvgIpc) is 3.04. The fourth-order valence-electron chi connectivity index (χ4n) is 4.19. The Balaban J connectivity index is 1.68. The molecule has 0 atom stereocenters. The van der Waals surface area contributed by atoms with E-state index >= 15 is 0 Å². The maximum Gasteiger partial charge on any atom is 0.235 e. The van der Waals surface area contributed by atoms with Crippen molar-refractivity contribution in [3.05, 3.63) is 65.9 Å². The largest absolute Gasteiger partial charge is 0.397 e. The van der Waals surface area contributed by atoms with Crippen molar-refractivity contribution in [2.45, 2.75) is 24.7 Å². The van der Waals surface area contributed by atoms with Gasteiger partial charge in [-0.15, -0.1) is 0 Å². The Bertz CT molecular complexity index is 1100. The van der Waals surface area contributed by atoms with E-state index in [2.05, 4.69) is 5.32 Å². The lowest BCUT2D eigenvalue weighted by Crippen LogP contribution is -2.49. The second-order valence-corrected chi connectivity index (χ2v) is 7.23. The maximum atomic E-state index is 14.3. The van der Waals surface area contributed by atoms with Crippen LogP contribution in [-0.4, -0.2) is 10.5 Å². The van der Waals surface area contributed by atoms with Crippen molar-refractivity contribution >= 4 is 17.3 Å². The molecular formula is C21H17F2N3O. The van der Waals surface area contributed by atoms with E-state index in [0.29, 0.717) is 22.6 Å². The van der Waals surface area contributed by atoms with Gasteiger partial charge in [0.1, 0.15) is 11.6 Å². The first-order valence-corrected chi connectivity index (χ1v) is 8.88. The minimum atomic E-state index is -0.623. The van der Waals surface area contributed by atoms with Crippen molar-refractivity contribution in [1.29, 1.82) is 0 Å². The smallest absolute Gasteiger partial charge is 0.235 e. The van der Waals surface area contributed by atoms with E-state index in [1.807, 2.05) is 16.8 Å². The summed E-state index contributed by atoms with van der Waals surface area (Å²) in [4.78, 5) is 12.6. The van der Waals surface area contributed by atoms with Gasteiger partial charge in [0, 0.05) is 23.5 Å². The van der Waals surface area contributed by atoms with Gasteiger partial charge in [-0.25, -0.2) is 8.78 Å². The molecule has 0 unspecified atom stereocenters. The minimum Gasteiger partial charge on any atom is -0.397 e. The normalized spacial score (nSPS) is 16.9. The molecule has 2 heterocycles. The predicted octanol–water partition coefficient (Wildman–Crippen LogP) is 4.38. The molecule has 2 bridgehead atoms. The number of rotatable bonds is 2. The highest BCUT2D eigenvalue weighted by Gasteiger charge is 2.49. The molecule has 1 aliphatic carbocycles. The van der Waals surface area contributed by atoms with Crippen LogP contribution in [0.3, 0.4) is 0 Å². The van der Waals surface area contributed by atoms with Crippen LogP contribution in [0.2, 0.25) is 0 Å². The number of fused-ring (bicyclic) bond motifs is 3. The van der Waals surface area contributed by atoms with Crippen LogP contribution in [0, 0.1) is 11.6 Å². The monoisotopic (exact) mass is 365 g/mol. The van der Waals surface area contributed by atoms with Crippen LogP contribution in [0.5, 0.6) is 0 Å². The minimum absolute atomic E-state index is 0.00295. The molecule has 136 valence electrons. The van der Waals surface area contributed by atoms with Crippen LogP contribution in [0.1, 0.15) is 24.8 Å². The van der Waals surface area contributed by atoms with E-state index in [4.69, 9.17) is 5.73 Å². The molecule has 4 nitrogen and oxygen atoms in total. The van der Waals surface area contributed by atoms with Gasteiger partial charge in [0.2, 0.25) is 5.91 Å². The number of nitrogens with zero attached hydrogens (tertiary/aromatic N) is 1. The topological polar surface area (TPSA) is 60.0 Å². The molecule has 0 saturated heterocycles. The van der Waals surface area contributed by atoms with Crippen molar-refractivity contribution in [1.82, 2.24) is 4.57 Å². The van der Waals surface area contributed by atoms with Crippen LogP contribution < -0.4 is 11.1 Å². The molecule has 27 heavy (non-hydrogen) atoms. The van der Waals surface area contributed by atoms with E-state index in [9.17, 15) is 13.6 Å². The number of carbonyl (C=O) groups excluding carboxylic acids is 1. The molecule has 2 aliphatic rings. The Hall–Kier alpha value is -3.15. The zero-order valence-corrected chi connectivity index (χ0v) is 14.4. The summed E-state index contributed by atoms with van der Waals surface area (Å²) in [5.41, 5.74) is 9.42. The van der Waals surface area contributed by atoms with Gasteiger partial charge in [-0.2, -0.15) is 0 Å². The van der Waals surface area contributed by atoms with Crippen molar-refractivity contribution < 1.29 is 13.6 Å². The Labute approximate surface area is 154 Å². The van der Waals surface area contributed by atoms with Crippen LogP contribution in [0.4, 0.5) is 20.2 Å². The molecule has 3 N–H and O–H groups in total. The molecule has 6 heteroatoms. The molecule has 1 saturated carbocycles. The van der Waals surface area contributed by atoms with Crippen LogP contribution in [0.15, 0.2) is 48.7 Å². The van der Waals surface area contributed by atoms with Gasteiger partial charge >= 0.3 is 0 Å². The second kappa shape index (κ2) is 5.42. The van der Waals surface area contributed by atoms with E-state index in [-0.39, 0.29) is 5.91 Å². The van der Waals surface area contributed by atoms with Gasteiger partial charge in [0.15, 0.2) is 0 Å². The molecular weight excluding hydrogens is 348 g/mol. The number of benzene rings is 2. The summed E-state index contributed by atoms with van der Waals surface area (Å²) in [5.74, 6) is -1.24. The standard InChI is InChI=1S/C21H17F2N3O/c22-12-4-5-14(16(23)9-12)18-3-1-8-26(18)13-10-15-19(24)17(11-13)25-20(27)21(15)6-2-7-21/h1,3-5,8-11H,2,6-7,24H2,(H,25,27). The number of carbonyl (C=O) groups is 1. The summed E-state index contributed by atoms with van der Waals surface area (Å²) in [5, 5.41) is 2.92. The van der Waals surface area contributed by atoms with Gasteiger partial charge in [0.25, 0.3) is 0 Å². The van der Waals surface area contributed by atoms with E-state index in [1.54, 1.807) is 18.2 Å². The van der Waals surface area contributed by atoms with Crippen LogP contribution in [0.25, 0.3) is 16.9 Å². The summed E-state index contributed by atoms with van der Waals surface area (Å²) in [6.45, 7) is 0. The summed E-state index contributed by atoms with van der Waals surface area (Å²) >= 11 is 0. The van der Waals surface area contributed by atoms with Crippen molar-refractivity contribution in [2.75, 3.05) is 11.1 Å². The lowest BCUT2D eigenvalue weighted by molar-refractivity contribution is -0.124. The number of anilines is 2. The Morgan fingerprint density at radius 1 is 1.11 bits per heavy atom.